The molecule has 1 saturated heterocycles. The van der Waals surface area contributed by atoms with E-state index in [2.05, 4.69) is 10.6 Å². The van der Waals surface area contributed by atoms with Crippen molar-refractivity contribution in [3.8, 4) is 0 Å². The number of aliphatic hydroxyl groups is 2. The average Bonchev–Trinajstić information content (AvgIpc) is 3.23. The van der Waals surface area contributed by atoms with Crippen LogP contribution in [0, 0.1) is 17.3 Å². The number of hydrogen-bond acceptors (Lipinski definition) is 4. The molecular formula is C15H26N2O3. The Balaban J connectivity index is 1.64. The third kappa shape index (κ3) is 2.71. The van der Waals surface area contributed by atoms with Crippen molar-refractivity contribution in [2.75, 3.05) is 19.7 Å². The molecule has 1 aliphatic heterocycles. The van der Waals surface area contributed by atoms with Gasteiger partial charge < -0.3 is 20.8 Å². The molecule has 1 unspecified atom stereocenters. The van der Waals surface area contributed by atoms with E-state index >= 15 is 0 Å². The number of carbonyl (C=O) groups is 1. The molecule has 1 amide bonds. The summed E-state index contributed by atoms with van der Waals surface area (Å²) in [5.74, 6) is 0.948. The summed E-state index contributed by atoms with van der Waals surface area (Å²) in [6, 6.07) is 0.178. The molecule has 4 N–H and O–H groups in total. The summed E-state index contributed by atoms with van der Waals surface area (Å²) in [5, 5.41) is 25.5. The highest BCUT2D eigenvalue weighted by atomic mass is 16.3. The van der Waals surface area contributed by atoms with Gasteiger partial charge in [0.2, 0.25) is 5.91 Å². The molecule has 5 nitrogen and oxygen atoms in total. The SMILES string of the molecule is O=C(NC(C1CCNCC1)C1CC(O)C1)C1(CO)CC1. The highest BCUT2D eigenvalue weighted by Crippen LogP contribution is 2.46. The minimum atomic E-state index is -0.493. The predicted octanol–water partition coefficient (Wildman–Crippen LogP) is 0.0142. The van der Waals surface area contributed by atoms with Crippen LogP contribution in [-0.2, 0) is 4.79 Å². The van der Waals surface area contributed by atoms with Crippen LogP contribution in [0.15, 0.2) is 0 Å². The lowest BCUT2D eigenvalue weighted by molar-refractivity contribution is -0.130. The molecule has 1 atom stereocenters. The third-order valence-corrected chi connectivity index (χ3v) is 5.48. The van der Waals surface area contributed by atoms with Gasteiger partial charge in [0.05, 0.1) is 18.1 Å². The van der Waals surface area contributed by atoms with Crippen molar-refractivity contribution in [1.82, 2.24) is 10.6 Å². The largest absolute Gasteiger partial charge is 0.395 e. The maximum absolute atomic E-state index is 12.4. The van der Waals surface area contributed by atoms with Crippen molar-refractivity contribution < 1.29 is 15.0 Å². The van der Waals surface area contributed by atoms with E-state index < -0.39 is 5.41 Å². The zero-order valence-corrected chi connectivity index (χ0v) is 12.0. The van der Waals surface area contributed by atoms with Crippen LogP contribution < -0.4 is 10.6 Å². The van der Waals surface area contributed by atoms with Gasteiger partial charge in [-0.25, -0.2) is 0 Å². The molecule has 20 heavy (non-hydrogen) atoms. The Morgan fingerprint density at radius 1 is 1.25 bits per heavy atom. The van der Waals surface area contributed by atoms with E-state index in [0.717, 1.165) is 51.6 Å². The first-order valence-electron chi connectivity index (χ1n) is 7.95. The monoisotopic (exact) mass is 282 g/mol. The molecule has 0 aromatic carbocycles. The number of carbonyl (C=O) groups excluding carboxylic acids is 1. The molecule has 3 fully saturated rings. The van der Waals surface area contributed by atoms with Gasteiger partial charge in [0.1, 0.15) is 0 Å². The molecular weight excluding hydrogens is 256 g/mol. The molecule has 0 spiro atoms. The molecule has 0 aromatic heterocycles. The zero-order valence-electron chi connectivity index (χ0n) is 12.0. The predicted molar refractivity (Wildman–Crippen MR) is 75.0 cm³/mol. The van der Waals surface area contributed by atoms with Gasteiger partial charge in [0.25, 0.3) is 0 Å². The Labute approximate surface area is 120 Å². The number of hydrogen-bond donors (Lipinski definition) is 4. The van der Waals surface area contributed by atoms with E-state index in [-0.39, 0.29) is 24.7 Å². The van der Waals surface area contributed by atoms with Crippen LogP contribution in [0.5, 0.6) is 0 Å². The maximum Gasteiger partial charge on any atom is 0.228 e. The molecule has 2 saturated carbocycles. The topological polar surface area (TPSA) is 81.6 Å². The van der Waals surface area contributed by atoms with Gasteiger partial charge in [-0.05, 0) is 63.5 Å². The molecule has 0 radical (unpaired) electrons. The second kappa shape index (κ2) is 5.62. The van der Waals surface area contributed by atoms with Crippen LogP contribution in [-0.4, -0.2) is 48.0 Å². The van der Waals surface area contributed by atoms with Crippen molar-refractivity contribution in [3.63, 3.8) is 0 Å². The van der Waals surface area contributed by atoms with E-state index in [1.807, 2.05) is 0 Å². The average molecular weight is 282 g/mol. The lowest BCUT2D eigenvalue weighted by Crippen LogP contribution is -2.54. The Bertz CT molecular complexity index is 358. The second-order valence-corrected chi connectivity index (χ2v) is 6.91. The normalized spacial score (nSPS) is 34.1. The Morgan fingerprint density at radius 2 is 1.90 bits per heavy atom. The van der Waals surface area contributed by atoms with E-state index in [1.54, 1.807) is 0 Å². The van der Waals surface area contributed by atoms with Crippen LogP contribution >= 0.6 is 0 Å². The van der Waals surface area contributed by atoms with Gasteiger partial charge >= 0.3 is 0 Å². The van der Waals surface area contributed by atoms with Crippen LogP contribution in [0.1, 0.15) is 38.5 Å². The summed E-state index contributed by atoms with van der Waals surface area (Å²) >= 11 is 0. The van der Waals surface area contributed by atoms with Crippen LogP contribution in [0.3, 0.4) is 0 Å². The van der Waals surface area contributed by atoms with E-state index in [4.69, 9.17) is 0 Å². The summed E-state index contributed by atoms with van der Waals surface area (Å²) in [5.41, 5.74) is -0.493. The Morgan fingerprint density at radius 3 is 2.40 bits per heavy atom. The number of piperidine rings is 1. The second-order valence-electron chi connectivity index (χ2n) is 6.91. The minimum Gasteiger partial charge on any atom is -0.395 e. The fraction of sp³-hybridized carbons (Fsp3) is 0.933. The molecule has 2 aliphatic carbocycles. The number of nitrogens with one attached hydrogen (secondary N) is 2. The molecule has 114 valence electrons. The van der Waals surface area contributed by atoms with E-state index in [1.165, 1.54) is 0 Å². The number of rotatable bonds is 5. The van der Waals surface area contributed by atoms with Crippen molar-refractivity contribution in [3.05, 3.63) is 0 Å². The quantitative estimate of drug-likeness (QED) is 0.573. The van der Waals surface area contributed by atoms with Crippen LogP contribution in [0.25, 0.3) is 0 Å². The van der Waals surface area contributed by atoms with Gasteiger partial charge in [-0.3, -0.25) is 4.79 Å². The smallest absolute Gasteiger partial charge is 0.228 e. The molecule has 0 aromatic rings. The highest BCUT2D eigenvalue weighted by Gasteiger charge is 2.51. The van der Waals surface area contributed by atoms with E-state index in [9.17, 15) is 15.0 Å². The first-order valence-corrected chi connectivity index (χ1v) is 7.95. The van der Waals surface area contributed by atoms with Gasteiger partial charge in [-0.15, -0.1) is 0 Å². The van der Waals surface area contributed by atoms with Gasteiger partial charge in [-0.1, -0.05) is 0 Å². The summed E-state index contributed by atoms with van der Waals surface area (Å²) in [6.07, 6.45) is 5.22. The van der Waals surface area contributed by atoms with E-state index in [0.29, 0.717) is 11.8 Å². The first kappa shape index (κ1) is 14.3. The summed E-state index contributed by atoms with van der Waals surface area (Å²) in [4.78, 5) is 12.4. The molecule has 5 heteroatoms. The first-order chi connectivity index (χ1) is 9.64. The maximum atomic E-state index is 12.4. The minimum absolute atomic E-state index is 0.0323. The summed E-state index contributed by atoms with van der Waals surface area (Å²) < 4.78 is 0. The molecule has 3 aliphatic rings. The van der Waals surface area contributed by atoms with Gasteiger partial charge in [0.15, 0.2) is 0 Å². The standard InChI is InChI=1S/C15H26N2O3/c18-9-15(3-4-15)14(20)17-13(11-7-12(19)8-11)10-1-5-16-6-2-10/h10-13,16,18-19H,1-9H2,(H,17,20). The third-order valence-electron chi connectivity index (χ3n) is 5.48. The zero-order chi connectivity index (χ0) is 14.2. The molecule has 0 bridgehead atoms. The number of aliphatic hydroxyl groups excluding tert-OH is 2. The fourth-order valence-corrected chi connectivity index (χ4v) is 3.66. The molecule has 1 heterocycles. The van der Waals surface area contributed by atoms with Crippen LogP contribution in [0.2, 0.25) is 0 Å². The van der Waals surface area contributed by atoms with Crippen molar-refractivity contribution in [2.45, 2.75) is 50.7 Å². The Hall–Kier alpha value is -0.650. The fourth-order valence-electron chi connectivity index (χ4n) is 3.66. The van der Waals surface area contributed by atoms with Crippen molar-refractivity contribution in [2.24, 2.45) is 17.3 Å². The molecule has 3 rings (SSSR count). The lowest BCUT2D eigenvalue weighted by atomic mass is 9.71. The summed E-state index contributed by atoms with van der Waals surface area (Å²) in [6.45, 7) is 1.99. The van der Waals surface area contributed by atoms with Gasteiger partial charge in [-0.2, -0.15) is 0 Å². The van der Waals surface area contributed by atoms with Crippen molar-refractivity contribution >= 4 is 5.91 Å². The highest BCUT2D eigenvalue weighted by molar-refractivity contribution is 5.85. The van der Waals surface area contributed by atoms with Gasteiger partial charge in [0, 0.05) is 6.04 Å². The number of amides is 1. The van der Waals surface area contributed by atoms with Crippen LogP contribution in [0.4, 0.5) is 0 Å². The summed E-state index contributed by atoms with van der Waals surface area (Å²) in [7, 11) is 0. The lowest BCUT2D eigenvalue weighted by Gasteiger charge is -2.43. The Kier molecular flexibility index (Phi) is 4.02. The van der Waals surface area contributed by atoms with Crippen molar-refractivity contribution in [1.29, 1.82) is 0 Å².